The molecule has 1 N–H and O–H groups in total. The molecule has 1 aromatic rings. The van der Waals surface area contributed by atoms with Crippen molar-refractivity contribution < 1.29 is 19.2 Å². The Kier molecular flexibility index (Phi) is 4.41. The maximum Gasteiger partial charge on any atom is 0.325 e. The minimum atomic E-state index is -0.632. The van der Waals surface area contributed by atoms with Crippen molar-refractivity contribution in [2.24, 2.45) is 0 Å². The molecule has 0 aliphatic heterocycles. The summed E-state index contributed by atoms with van der Waals surface area (Å²) in [6.07, 6.45) is 0. The lowest BCUT2D eigenvalue weighted by Gasteiger charge is -2.17. The second-order valence-electron chi connectivity index (χ2n) is 3.41. The van der Waals surface area contributed by atoms with Crippen molar-refractivity contribution in [1.82, 2.24) is 9.88 Å². The van der Waals surface area contributed by atoms with Crippen LogP contribution in [0.2, 0.25) is 0 Å². The van der Waals surface area contributed by atoms with E-state index in [0.717, 1.165) is 0 Å². The molecule has 0 aromatic carbocycles. The maximum atomic E-state index is 11.9. The van der Waals surface area contributed by atoms with E-state index >= 15 is 0 Å². The zero-order chi connectivity index (χ0) is 13.7. The zero-order valence-corrected chi connectivity index (χ0v) is 10.0. The van der Waals surface area contributed by atoms with Crippen LogP contribution in [-0.4, -0.2) is 46.9 Å². The number of H-pyrrole nitrogens is 1. The van der Waals surface area contributed by atoms with Crippen molar-refractivity contribution in [3.8, 4) is 0 Å². The number of aromatic nitrogens is 1. The summed E-state index contributed by atoms with van der Waals surface area (Å²) in [6.45, 7) is 1.79. The van der Waals surface area contributed by atoms with Crippen LogP contribution in [-0.2, 0) is 9.53 Å². The molecule has 0 fully saturated rings. The van der Waals surface area contributed by atoms with Crippen molar-refractivity contribution in [3.63, 3.8) is 0 Å². The molecule has 0 radical (unpaired) electrons. The minimum Gasteiger partial charge on any atom is -0.468 e. The number of nitrogens with one attached hydrogen (secondary N) is 1. The second kappa shape index (κ2) is 5.80. The Hall–Kier alpha value is -2.38. The van der Waals surface area contributed by atoms with Crippen molar-refractivity contribution in [2.45, 2.75) is 6.92 Å². The third-order valence-corrected chi connectivity index (χ3v) is 2.31. The maximum absolute atomic E-state index is 11.9. The molecule has 1 rings (SSSR count). The van der Waals surface area contributed by atoms with Gasteiger partial charge in [-0.2, -0.15) is 0 Å². The molecule has 0 bridgehead atoms. The number of rotatable bonds is 5. The highest BCUT2D eigenvalue weighted by atomic mass is 16.6. The van der Waals surface area contributed by atoms with E-state index in [2.05, 4.69) is 9.72 Å². The Morgan fingerprint density at radius 3 is 2.61 bits per heavy atom. The Balaban J connectivity index is 2.82. The van der Waals surface area contributed by atoms with E-state index in [0.29, 0.717) is 6.54 Å². The van der Waals surface area contributed by atoms with Gasteiger partial charge in [-0.15, -0.1) is 0 Å². The fourth-order valence-corrected chi connectivity index (χ4v) is 1.33. The van der Waals surface area contributed by atoms with E-state index in [9.17, 15) is 19.7 Å². The van der Waals surface area contributed by atoms with Crippen LogP contribution in [0.3, 0.4) is 0 Å². The van der Waals surface area contributed by atoms with Crippen molar-refractivity contribution in [3.05, 3.63) is 27.9 Å². The van der Waals surface area contributed by atoms with Gasteiger partial charge < -0.3 is 19.8 Å². The van der Waals surface area contributed by atoms with Gasteiger partial charge in [0.15, 0.2) is 5.69 Å². The first kappa shape index (κ1) is 13.7. The molecule has 0 atom stereocenters. The fraction of sp³-hybridized carbons (Fsp3) is 0.400. The topological polar surface area (TPSA) is 106 Å². The Labute approximate surface area is 103 Å². The van der Waals surface area contributed by atoms with Crippen molar-refractivity contribution in [1.29, 1.82) is 0 Å². The molecule has 98 valence electrons. The van der Waals surface area contributed by atoms with E-state index in [1.807, 2.05) is 0 Å². The van der Waals surface area contributed by atoms with Gasteiger partial charge in [-0.3, -0.25) is 9.59 Å². The number of nitro groups is 1. The van der Waals surface area contributed by atoms with Gasteiger partial charge in [0, 0.05) is 12.6 Å². The lowest BCUT2D eigenvalue weighted by atomic mass is 10.3. The number of amides is 1. The lowest BCUT2D eigenvalue weighted by Crippen LogP contribution is -2.36. The van der Waals surface area contributed by atoms with E-state index in [-0.39, 0.29) is 18.1 Å². The summed E-state index contributed by atoms with van der Waals surface area (Å²) < 4.78 is 4.46. The quantitative estimate of drug-likeness (QED) is 0.470. The molecule has 1 aromatic heterocycles. The van der Waals surface area contributed by atoms with Gasteiger partial charge in [-0.1, -0.05) is 0 Å². The zero-order valence-electron chi connectivity index (χ0n) is 10.0. The molecule has 8 heteroatoms. The number of hydrogen-bond acceptors (Lipinski definition) is 5. The molecule has 0 spiro atoms. The summed E-state index contributed by atoms with van der Waals surface area (Å²) in [5.74, 6) is -1.31. The van der Waals surface area contributed by atoms with E-state index in [1.165, 1.54) is 24.1 Å². The Morgan fingerprint density at radius 2 is 2.17 bits per heavy atom. The molecule has 1 heterocycles. The average molecular weight is 255 g/mol. The molecular weight excluding hydrogens is 242 g/mol. The standard InChI is InChI=1S/C10H13N3O5/c1-3-12(6-9(14)18-2)10(15)7-4-5-8(11-7)13(16)17/h4-5,11H,3,6H2,1-2H3. The summed E-state index contributed by atoms with van der Waals surface area (Å²) in [5.41, 5.74) is 0.0625. The van der Waals surface area contributed by atoms with Gasteiger partial charge in [-0.25, -0.2) is 4.98 Å². The normalized spacial score (nSPS) is 9.89. The highest BCUT2D eigenvalue weighted by molar-refractivity contribution is 5.94. The number of nitrogens with zero attached hydrogens (tertiary/aromatic N) is 2. The molecule has 8 nitrogen and oxygen atoms in total. The van der Waals surface area contributed by atoms with Gasteiger partial charge in [0.2, 0.25) is 0 Å². The summed E-state index contributed by atoms with van der Waals surface area (Å²) in [7, 11) is 1.22. The van der Waals surface area contributed by atoms with E-state index < -0.39 is 16.8 Å². The highest BCUT2D eigenvalue weighted by Gasteiger charge is 2.22. The largest absolute Gasteiger partial charge is 0.468 e. The first-order valence-electron chi connectivity index (χ1n) is 5.19. The fourth-order valence-electron chi connectivity index (χ4n) is 1.33. The van der Waals surface area contributed by atoms with Gasteiger partial charge >= 0.3 is 11.8 Å². The number of carbonyl (C=O) groups excluding carboxylic acids is 2. The van der Waals surface area contributed by atoms with Gasteiger partial charge in [-0.05, 0) is 17.9 Å². The predicted molar refractivity (Wildman–Crippen MR) is 61.0 cm³/mol. The SMILES string of the molecule is CCN(CC(=O)OC)C(=O)c1ccc([N+](=O)[O-])[nH]1. The van der Waals surface area contributed by atoms with Crippen LogP contribution in [0, 0.1) is 10.1 Å². The van der Waals surface area contributed by atoms with Gasteiger partial charge in [0.1, 0.15) is 6.54 Å². The number of esters is 1. The molecule has 1 amide bonds. The van der Waals surface area contributed by atoms with Gasteiger partial charge in [0.05, 0.1) is 7.11 Å². The number of hydrogen-bond donors (Lipinski definition) is 1. The van der Waals surface area contributed by atoms with Gasteiger partial charge in [0.25, 0.3) is 5.91 Å². The molecule has 0 aliphatic rings. The van der Waals surface area contributed by atoms with Crippen molar-refractivity contribution in [2.75, 3.05) is 20.2 Å². The molecule has 0 saturated carbocycles. The summed E-state index contributed by atoms with van der Waals surface area (Å²) in [6, 6.07) is 2.50. The second-order valence-corrected chi connectivity index (χ2v) is 3.41. The number of methoxy groups -OCH3 is 1. The highest BCUT2D eigenvalue weighted by Crippen LogP contribution is 2.11. The number of carbonyl (C=O) groups is 2. The third kappa shape index (κ3) is 3.06. The van der Waals surface area contributed by atoms with E-state index in [1.54, 1.807) is 6.92 Å². The number of aromatic amines is 1. The summed E-state index contributed by atoms with van der Waals surface area (Å²) >= 11 is 0. The molecule has 0 unspecified atom stereocenters. The third-order valence-electron chi connectivity index (χ3n) is 2.31. The first-order chi connectivity index (χ1) is 8.49. The summed E-state index contributed by atoms with van der Waals surface area (Å²) in [5, 5.41) is 10.5. The Morgan fingerprint density at radius 1 is 1.50 bits per heavy atom. The van der Waals surface area contributed by atoms with Crippen LogP contribution in [0.1, 0.15) is 17.4 Å². The van der Waals surface area contributed by atoms with Crippen molar-refractivity contribution >= 4 is 17.7 Å². The van der Waals surface area contributed by atoms with Crippen LogP contribution < -0.4 is 0 Å². The molecule has 0 aliphatic carbocycles. The van der Waals surface area contributed by atoms with Crippen LogP contribution >= 0.6 is 0 Å². The van der Waals surface area contributed by atoms with Crippen LogP contribution in [0.25, 0.3) is 0 Å². The first-order valence-corrected chi connectivity index (χ1v) is 5.19. The van der Waals surface area contributed by atoms with E-state index in [4.69, 9.17) is 0 Å². The van der Waals surface area contributed by atoms with Crippen LogP contribution in [0.5, 0.6) is 0 Å². The predicted octanol–water partition coefficient (Wildman–Crippen LogP) is 0.558. The smallest absolute Gasteiger partial charge is 0.325 e. The lowest BCUT2D eigenvalue weighted by molar-refractivity contribution is -0.389. The number of ether oxygens (including phenoxy) is 1. The summed E-state index contributed by atoms with van der Waals surface area (Å²) in [4.78, 5) is 36.5. The number of likely N-dealkylation sites (N-methyl/N-ethyl adjacent to an activating group) is 1. The molecule has 18 heavy (non-hydrogen) atoms. The molecular formula is C10H13N3O5. The molecule has 0 saturated heterocycles. The minimum absolute atomic E-state index is 0.0625. The Bertz CT molecular complexity index is 468. The monoisotopic (exact) mass is 255 g/mol. The average Bonchev–Trinajstić information content (AvgIpc) is 2.84. The van der Waals surface area contributed by atoms with Crippen LogP contribution in [0.15, 0.2) is 12.1 Å². The van der Waals surface area contributed by atoms with Crippen LogP contribution in [0.4, 0.5) is 5.82 Å².